The van der Waals surface area contributed by atoms with Crippen molar-refractivity contribution in [3.63, 3.8) is 0 Å². The number of nitrogens with zero attached hydrogens (tertiary/aromatic N) is 4. The normalized spacial score (nSPS) is 17.2. The summed E-state index contributed by atoms with van der Waals surface area (Å²) in [6.07, 6.45) is 4.50. The summed E-state index contributed by atoms with van der Waals surface area (Å²) in [6, 6.07) is 5.98. The molecule has 0 radical (unpaired) electrons. The summed E-state index contributed by atoms with van der Waals surface area (Å²) in [4.78, 5) is 19.6. The summed E-state index contributed by atoms with van der Waals surface area (Å²) in [5.41, 5.74) is 0.279. The van der Waals surface area contributed by atoms with Gasteiger partial charge in [0.25, 0.3) is 0 Å². The molecule has 146 valence electrons. The average Bonchev–Trinajstić information content (AvgIpc) is 3.42. The summed E-state index contributed by atoms with van der Waals surface area (Å²) in [5.74, 6) is -0.285. The predicted octanol–water partition coefficient (Wildman–Crippen LogP) is 1.51. The van der Waals surface area contributed by atoms with Crippen LogP contribution in [0.15, 0.2) is 52.6 Å². The molecule has 0 saturated carbocycles. The van der Waals surface area contributed by atoms with Crippen molar-refractivity contribution in [1.29, 1.82) is 0 Å². The van der Waals surface area contributed by atoms with Crippen molar-refractivity contribution in [2.45, 2.75) is 22.3 Å². The number of anilines is 1. The second-order valence-electron chi connectivity index (χ2n) is 6.61. The van der Waals surface area contributed by atoms with E-state index in [1.54, 1.807) is 19.2 Å². The third-order valence-corrected chi connectivity index (χ3v) is 7.31. The molecule has 0 bridgehead atoms. The van der Waals surface area contributed by atoms with Crippen molar-refractivity contribution >= 4 is 32.1 Å². The number of hydrogen-bond acceptors (Lipinski definition) is 8. The number of aryl methyl sites for hydroxylation is 1. The number of hydrogen-bond donors (Lipinski definition) is 1. The number of carbonyl (C=O) groups excluding carboxylic acids is 1. The molecule has 3 heterocycles. The zero-order chi connectivity index (χ0) is 19.9. The molecule has 28 heavy (non-hydrogen) atoms. The van der Waals surface area contributed by atoms with Crippen molar-refractivity contribution in [2.24, 2.45) is 7.05 Å². The maximum absolute atomic E-state index is 12.8. The van der Waals surface area contributed by atoms with Crippen molar-refractivity contribution in [1.82, 2.24) is 14.8 Å². The van der Waals surface area contributed by atoms with Crippen LogP contribution in [0.1, 0.15) is 21.7 Å². The molecule has 1 saturated heterocycles. The van der Waals surface area contributed by atoms with Crippen molar-refractivity contribution in [3.05, 3.63) is 53.3 Å². The van der Waals surface area contributed by atoms with Crippen LogP contribution in [0, 0.1) is 0 Å². The Balaban J connectivity index is 1.61. The number of benzene rings is 1. The van der Waals surface area contributed by atoms with Crippen LogP contribution < -0.4 is 4.90 Å². The van der Waals surface area contributed by atoms with Gasteiger partial charge in [-0.05, 0) is 18.6 Å². The lowest BCUT2D eigenvalue weighted by atomic mass is 10.1. The highest BCUT2D eigenvalue weighted by Gasteiger charge is 2.25. The van der Waals surface area contributed by atoms with Crippen LogP contribution in [0.3, 0.4) is 0 Å². The van der Waals surface area contributed by atoms with Gasteiger partial charge in [-0.25, -0.2) is 13.4 Å². The number of aliphatic hydroxyl groups is 1. The van der Waals surface area contributed by atoms with Gasteiger partial charge in [-0.3, -0.25) is 9.48 Å². The standard InChI is InChI=1S/C18H18N4O4S2/c1-21-11-15(8-20-21)28(25,26)14-4-2-3-12(7-14)17(24)16-9-19-18(27-16)22-6-5-13(23)10-22/h2-4,7-9,11,13,23H,5-6,10H2,1H3/t13-/m1/s1. The maximum atomic E-state index is 12.8. The molecule has 0 unspecified atom stereocenters. The third kappa shape index (κ3) is 3.46. The molecule has 1 aliphatic rings. The van der Waals surface area contributed by atoms with Gasteiger partial charge in [-0.15, -0.1) is 0 Å². The summed E-state index contributed by atoms with van der Waals surface area (Å²) in [5, 5.41) is 14.2. The molecule has 2 aromatic heterocycles. The van der Waals surface area contributed by atoms with Gasteiger partial charge in [0.2, 0.25) is 15.6 Å². The summed E-state index contributed by atoms with van der Waals surface area (Å²) in [7, 11) is -2.12. The van der Waals surface area contributed by atoms with Crippen LogP contribution in [0.4, 0.5) is 5.13 Å². The fourth-order valence-electron chi connectivity index (χ4n) is 3.05. The third-order valence-electron chi connectivity index (χ3n) is 4.55. The number of aromatic nitrogens is 3. The fraction of sp³-hybridized carbons (Fsp3) is 0.278. The molecule has 4 rings (SSSR count). The summed E-state index contributed by atoms with van der Waals surface area (Å²) >= 11 is 1.24. The van der Waals surface area contributed by atoms with Crippen LogP contribution in [0.2, 0.25) is 0 Å². The highest BCUT2D eigenvalue weighted by atomic mass is 32.2. The molecule has 8 nitrogen and oxygen atoms in total. The molecule has 1 atom stereocenters. The largest absolute Gasteiger partial charge is 0.391 e. The number of aliphatic hydroxyl groups excluding tert-OH is 1. The highest BCUT2D eigenvalue weighted by Crippen LogP contribution is 2.28. The monoisotopic (exact) mass is 418 g/mol. The first kappa shape index (κ1) is 18.8. The fourth-order valence-corrected chi connectivity index (χ4v) is 5.25. The molecule has 0 spiro atoms. The predicted molar refractivity (Wildman–Crippen MR) is 103 cm³/mol. The van der Waals surface area contributed by atoms with E-state index in [9.17, 15) is 18.3 Å². The molecule has 0 amide bonds. The topological polar surface area (TPSA) is 105 Å². The Bertz CT molecular complexity index is 1140. The second-order valence-corrected chi connectivity index (χ2v) is 9.56. The van der Waals surface area contributed by atoms with E-state index in [0.29, 0.717) is 29.5 Å². The Morgan fingerprint density at radius 3 is 2.79 bits per heavy atom. The SMILES string of the molecule is Cn1cc(S(=O)(=O)c2cccc(C(=O)c3cnc(N4CC[C@@H](O)C4)s3)c2)cn1. The van der Waals surface area contributed by atoms with E-state index in [-0.39, 0.29) is 27.2 Å². The van der Waals surface area contributed by atoms with E-state index < -0.39 is 9.84 Å². The minimum Gasteiger partial charge on any atom is -0.391 e. The first-order valence-corrected chi connectivity index (χ1v) is 10.9. The first-order valence-electron chi connectivity index (χ1n) is 8.62. The minimum atomic E-state index is -3.75. The quantitative estimate of drug-likeness (QED) is 0.626. The van der Waals surface area contributed by atoms with Crippen molar-refractivity contribution in [3.8, 4) is 0 Å². The Hall–Kier alpha value is -2.56. The highest BCUT2D eigenvalue weighted by molar-refractivity contribution is 7.91. The molecule has 1 aromatic carbocycles. The van der Waals surface area contributed by atoms with E-state index in [4.69, 9.17) is 0 Å². The van der Waals surface area contributed by atoms with E-state index in [1.807, 2.05) is 4.90 Å². The Kier molecular flexibility index (Phi) is 4.77. The van der Waals surface area contributed by atoms with Gasteiger partial charge in [0.15, 0.2) is 5.13 Å². The van der Waals surface area contributed by atoms with Gasteiger partial charge >= 0.3 is 0 Å². The van der Waals surface area contributed by atoms with Crippen LogP contribution in [0.25, 0.3) is 0 Å². The molecule has 1 aliphatic heterocycles. The van der Waals surface area contributed by atoms with Gasteiger partial charge in [0, 0.05) is 31.9 Å². The van der Waals surface area contributed by atoms with E-state index in [2.05, 4.69) is 10.1 Å². The average molecular weight is 419 g/mol. The lowest BCUT2D eigenvalue weighted by Crippen LogP contribution is -2.20. The van der Waals surface area contributed by atoms with E-state index >= 15 is 0 Å². The van der Waals surface area contributed by atoms with Crippen LogP contribution in [-0.4, -0.2) is 53.3 Å². The second kappa shape index (κ2) is 7.12. The number of rotatable bonds is 5. The first-order chi connectivity index (χ1) is 13.3. The number of thiazole rings is 1. The maximum Gasteiger partial charge on any atom is 0.209 e. The van der Waals surface area contributed by atoms with E-state index in [0.717, 1.165) is 0 Å². The molecule has 1 fully saturated rings. The number of β-amino-alcohol motifs (C(OH)–C–C–N with tert-alkyl or cyclic N) is 1. The van der Waals surface area contributed by atoms with E-state index in [1.165, 1.54) is 46.7 Å². The van der Waals surface area contributed by atoms with Gasteiger partial charge in [-0.1, -0.05) is 23.5 Å². The summed E-state index contributed by atoms with van der Waals surface area (Å²) < 4.78 is 26.9. The van der Waals surface area contributed by atoms with Crippen LogP contribution in [-0.2, 0) is 16.9 Å². The van der Waals surface area contributed by atoms with Crippen molar-refractivity contribution in [2.75, 3.05) is 18.0 Å². The molecular formula is C18H18N4O4S2. The molecule has 3 aromatic rings. The van der Waals surface area contributed by atoms with Gasteiger partial charge in [0.05, 0.1) is 28.3 Å². The Morgan fingerprint density at radius 2 is 2.11 bits per heavy atom. The number of sulfone groups is 1. The lowest BCUT2D eigenvalue weighted by molar-refractivity contribution is 0.104. The smallest absolute Gasteiger partial charge is 0.209 e. The number of ketones is 1. The lowest BCUT2D eigenvalue weighted by Gasteiger charge is -2.12. The van der Waals surface area contributed by atoms with Crippen molar-refractivity contribution < 1.29 is 18.3 Å². The summed E-state index contributed by atoms with van der Waals surface area (Å²) in [6.45, 7) is 1.20. The van der Waals surface area contributed by atoms with Gasteiger partial charge < -0.3 is 10.0 Å². The van der Waals surface area contributed by atoms with Gasteiger partial charge in [0.1, 0.15) is 4.90 Å². The molecule has 1 N–H and O–H groups in total. The molecule has 0 aliphatic carbocycles. The molecular weight excluding hydrogens is 400 g/mol. The van der Waals surface area contributed by atoms with Gasteiger partial charge in [-0.2, -0.15) is 5.10 Å². The van der Waals surface area contributed by atoms with Crippen LogP contribution in [0.5, 0.6) is 0 Å². The number of carbonyl (C=O) groups is 1. The Labute approximate surface area is 166 Å². The molecule has 10 heteroatoms. The Morgan fingerprint density at radius 1 is 1.29 bits per heavy atom. The van der Waals surface area contributed by atoms with Crippen LogP contribution >= 0.6 is 11.3 Å². The zero-order valence-electron chi connectivity index (χ0n) is 15.0. The zero-order valence-corrected chi connectivity index (χ0v) is 16.7. The minimum absolute atomic E-state index is 0.0405.